The van der Waals surface area contributed by atoms with Crippen molar-refractivity contribution in [1.82, 2.24) is 0 Å². The minimum atomic E-state index is -0.440. The number of hydrogen-bond donors (Lipinski definition) is 2. The third-order valence-electron chi connectivity index (χ3n) is 3.28. The molecular formula is C15H18ClFNO2+. The third kappa shape index (κ3) is 3.60. The summed E-state index contributed by atoms with van der Waals surface area (Å²) in [6.45, 7) is 2.84. The second kappa shape index (κ2) is 6.88. The van der Waals surface area contributed by atoms with Crippen LogP contribution in [0.1, 0.15) is 19.1 Å². The van der Waals surface area contributed by atoms with Crippen molar-refractivity contribution in [2.45, 2.75) is 25.9 Å². The van der Waals surface area contributed by atoms with Gasteiger partial charge in [0.15, 0.2) is 5.76 Å². The number of nitrogens with two attached hydrogens (primary N) is 1. The topological polar surface area (TPSA) is 50.0 Å². The Morgan fingerprint density at radius 3 is 2.80 bits per heavy atom. The van der Waals surface area contributed by atoms with Gasteiger partial charge in [0, 0.05) is 5.56 Å². The van der Waals surface area contributed by atoms with E-state index >= 15 is 0 Å². The van der Waals surface area contributed by atoms with Crippen LogP contribution in [0, 0.1) is 5.82 Å². The first kappa shape index (κ1) is 15.0. The second-order valence-corrected chi connectivity index (χ2v) is 5.09. The van der Waals surface area contributed by atoms with Crippen molar-refractivity contribution in [2.75, 3.05) is 6.61 Å². The van der Waals surface area contributed by atoms with Crippen molar-refractivity contribution < 1.29 is 19.2 Å². The number of hydrogen-bond acceptors (Lipinski definition) is 2. The maximum atomic E-state index is 13.1. The molecule has 20 heavy (non-hydrogen) atoms. The molecule has 1 aromatic carbocycles. The van der Waals surface area contributed by atoms with Crippen LogP contribution in [-0.4, -0.2) is 17.8 Å². The highest BCUT2D eigenvalue weighted by Crippen LogP contribution is 2.26. The average molecular weight is 299 g/mol. The lowest BCUT2D eigenvalue weighted by molar-refractivity contribution is -0.707. The predicted molar refractivity (Wildman–Crippen MR) is 75.9 cm³/mol. The van der Waals surface area contributed by atoms with E-state index in [9.17, 15) is 4.39 Å². The first-order chi connectivity index (χ1) is 9.63. The van der Waals surface area contributed by atoms with Gasteiger partial charge in [-0.05, 0) is 36.8 Å². The molecule has 0 amide bonds. The number of quaternary nitrogens is 1. The summed E-state index contributed by atoms with van der Waals surface area (Å²) in [5.74, 6) is 1.03. The first-order valence-electron chi connectivity index (χ1n) is 6.62. The Balaban J connectivity index is 2.06. The van der Waals surface area contributed by atoms with Crippen molar-refractivity contribution in [1.29, 1.82) is 0 Å². The molecule has 1 heterocycles. The summed E-state index contributed by atoms with van der Waals surface area (Å²) < 4.78 is 18.8. The Morgan fingerprint density at radius 1 is 1.35 bits per heavy atom. The molecule has 0 bridgehead atoms. The van der Waals surface area contributed by atoms with Crippen LogP contribution in [0.25, 0.3) is 11.3 Å². The molecule has 0 aliphatic rings. The minimum absolute atomic E-state index is 0.0818. The lowest BCUT2D eigenvalue weighted by Gasteiger charge is -2.08. The van der Waals surface area contributed by atoms with Gasteiger partial charge in [0.2, 0.25) is 0 Å². The maximum absolute atomic E-state index is 13.1. The van der Waals surface area contributed by atoms with Crippen LogP contribution < -0.4 is 5.32 Å². The molecule has 3 N–H and O–H groups in total. The lowest BCUT2D eigenvalue weighted by atomic mass is 10.2. The smallest absolute Gasteiger partial charge is 0.158 e. The molecule has 0 saturated carbocycles. The SMILES string of the molecule is CC[C@@H](CO)[NH2+]Cc1ccc(-c2ccc(F)c(Cl)c2)o1. The standard InChI is InChI=1S/C15H17ClFNO2/c1-2-11(9-19)18-8-12-4-6-15(20-12)10-3-5-14(17)13(16)7-10/h3-7,11,18-19H,2,8-9H2,1H3/p+1/t11-/m0/s1. The van der Waals surface area contributed by atoms with Gasteiger partial charge in [-0.25, -0.2) is 4.39 Å². The van der Waals surface area contributed by atoms with E-state index < -0.39 is 5.82 Å². The molecule has 2 rings (SSSR count). The van der Waals surface area contributed by atoms with Crippen LogP contribution in [0.2, 0.25) is 5.02 Å². The van der Waals surface area contributed by atoms with Crippen LogP contribution in [0.3, 0.4) is 0 Å². The molecule has 5 heteroatoms. The van der Waals surface area contributed by atoms with Crippen molar-refractivity contribution in [2.24, 2.45) is 0 Å². The molecule has 0 radical (unpaired) electrons. The summed E-state index contributed by atoms with van der Waals surface area (Å²) in [5, 5.41) is 11.3. The number of benzene rings is 1. The Labute approximate surface area is 122 Å². The minimum Gasteiger partial charge on any atom is -0.455 e. The van der Waals surface area contributed by atoms with Crippen molar-refractivity contribution >= 4 is 11.6 Å². The fourth-order valence-electron chi connectivity index (χ4n) is 1.95. The molecule has 1 aromatic heterocycles. The first-order valence-corrected chi connectivity index (χ1v) is 7.00. The molecule has 0 spiro atoms. The van der Waals surface area contributed by atoms with Gasteiger partial charge in [-0.15, -0.1) is 0 Å². The highest BCUT2D eigenvalue weighted by atomic mass is 35.5. The summed E-state index contributed by atoms with van der Waals surface area (Å²) in [6.07, 6.45) is 0.900. The van der Waals surface area contributed by atoms with Gasteiger partial charge in [0.05, 0.1) is 11.6 Å². The van der Waals surface area contributed by atoms with Crippen LogP contribution in [0.15, 0.2) is 34.7 Å². The number of aliphatic hydroxyl groups is 1. The number of halogens is 2. The van der Waals surface area contributed by atoms with E-state index in [-0.39, 0.29) is 17.7 Å². The highest BCUT2D eigenvalue weighted by Gasteiger charge is 2.11. The summed E-state index contributed by atoms with van der Waals surface area (Å²) >= 11 is 5.76. The number of furan rings is 1. The van der Waals surface area contributed by atoms with Crippen molar-refractivity contribution in [3.05, 3.63) is 46.9 Å². The van der Waals surface area contributed by atoms with E-state index in [4.69, 9.17) is 21.1 Å². The molecule has 2 aromatic rings. The second-order valence-electron chi connectivity index (χ2n) is 4.69. The quantitative estimate of drug-likeness (QED) is 0.861. The van der Waals surface area contributed by atoms with E-state index in [1.165, 1.54) is 6.07 Å². The van der Waals surface area contributed by atoms with Gasteiger partial charge < -0.3 is 14.8 Å². The highest BCUT2D eigenvalue weighted by molar-refractivity contribution is 6.31. The third-order valence-corrected chi connectivity index (χ3v) is 3.57. The maximum Gasteiger partial charge on any atom is 0.158 e. The van der Waals surface area contributed by atoms with E-state index in [0.717, 1.165) is 17.7 Å². The largest absolute Gasteiger partial charge is 0.455 e. The molecule has 0 saturated heterocycles. The van der Waals surface area contributed by atoms with Crippen LogP contribution in [0.4, 0.5) is 4.39 Å². The zero-order valence-corrected chi connectivity index (χ0v) is 12.0. The fourth-order valence-corrected chi connectivity index (χ4v) is 2.13. The zero-order chi connectivity index (χ0) is 14.5. The van der Waals surface area contributed by atoms with Gasteiger partial charge in [0.1, 0.15) is 24.2 Å². The van der Waals surface area contributed by atoms with Gasteiger partial charge in [0.25, 0.3) is 0 Å². The lowest BCUT2D eigenvalue weighted by Crippen LogP contribution is -2.89. The van der Waals surface area contributed by atoms with E-state index in [0.29, 0.717) is 12.3 Å². The average Bonchev–Trinajstić information content (AvgIpc) is 2.92. The predicted octanol–water partition coefficient (Wildman–Crippen LogP) is 2.57. The summed E-state index contributed by atoms with van der Waals surface area (Å²) in [5.41, 5.74) is 0.747. The van der Waals surface area contributed by atoms with Crippen LogP contribution in [-0.2, 0) is 6.54 Å². The summed E-state index contributed by atoms with van der Waals surface area (Å²) in [6, 6.07) is 8.41. The molecule has 108 valence electrons. The van der Waals surface area contributed by atoms with E-state index in [2.05, 4.69) is 0 Å². The molecule has 0 aliphatic heterocycles. The van der Waals surface area contributed by atoms with Gasteiger partial charge in [-0.2, -0.15) is 0 Å². The van der Waals surface area contributed by atoms with Gasteiger partial charge in [-0.3, -0.25) is 0 Å². The van der Waals surface area contributed by atoms with Crippen LogP contribution in [0.5, 0.6) is 0 Å². The fraction of sp³-hybridized carbons (Fsp3) is 0.333. The molecule has 1 atom stereocenters. The molecule has 0 fully saturated rings. The summed E-state index contributed by atoms with van der Waals surface area (Å²) in [7, 11) is 0. The zero-order valence-electron chi connectivity index (χ0n) is 11.3. The van der Waals surface area contributed by atoms with E-state index in [1.54, 1.807) is 12.1 Å². The van der Waals surface area contributed by atoms with Crippen molar-refractivity contribution in [3.8, 4) is 11.3 Å². The molecule has 3 nitrogen and oxygen atoms in total. The Morgan fingerprint density at radius 2 is 2.15 bits per heavy atom. The Bertz CT molecular complexity index is 567. The number of rotatable bonds is 6. The summed E-state index contributed by atoms with van der Waals surface area (Å²) in [4.78, 5) is 0. The van der Waals surface area contributed by atoms with E-state index in [1.807, 2.05) is 24.4 Å². The Kier molecular flexibility index (Phi) is 5.17. The van der Waals surface area contributed by atoms with Crippen LogP contribution >= 0.6 is 11.6 Å². The van der Waals surface area contributed by atoms with Crippen molar-refractivity contribution in [3.63, 3.8) is 0 Å². The van der Waals surface area contributed by atoms with Gasteiger partial charge in [-0.1, -0.05) is 18.5 Å². The molecule has 0 aliphatic carbocycles. The molecule has 0 unspecified atom stereocenters. The Hall–Kier alpha value is -1.36. The number of aliphatic hydroxyl groups excluding tert-OH is 1. The van der Waals surface area contributed by atoms with Gasteiger partial charge >= 0.3 is 0 Å². The normalized spacial score (nSPS) is 12.6. The monoisotopic (exact) mass is 298 g/mol. The molecular weight excluding hydrogens is 281 g/mol.